The molecule has 102 valence electrons. The summed E-state index contributed by atoms with van der Waals surface area (Å²) in [6.45, 7) is 2.09. The Labute approximate surface area is 125 Å². The van der Waals surface area contributed by atoms with Crippen molar-refractivity contribution >= 4 is 27.7 Å². The highest BCUT2D eigenvalue weighted by Crippen LogP contribution is 2.27. The fourth-order valence-electron chi connectivity index (χ4n) is 1.47. The largest absolute Gasteiger partial charge is 0.420 e. The summed E-state index contributed by atoms with van der Waals surface area (Å²) >= 11 is 5.19. The number of halogens is 1. The smallest absolute Gasteiger partial charge is 0.248 e. The van der Waals surface area contributed by atoms with Crippen molar-refractivity contribution in [2.75, 3.05) is 5.75 Å². The summed E-state index contributed by atoms with van der Waals surface area (Å²) in [5, 5.41) is 8.13. The molecular formula is C13H16BrN3OS. The van der Waals surface area contributed by atoms with Crippen LogP contribution in [0.2, 0.25) is 0 Å². The van der Waals surface area contributed by atoms with E-state index in [2.05, 4.69) is 33.1 Å². The Balaban J connectivity index is 1.98. The third-order valence-corrected chi connectivity index (χ3v) is 4.46. The van der Waals surface area contributed by atoms with Crippen LogP contribution in [-0.4, -0.2) is 22.0 Å². The van der Waals surface area contributed by atoms with E-state index in [9.17, 15) is 0 Å². The Morgan fingerprint density at radius 1 is 1.37 bits per heavy atom. The normalized spacial score (nSPS) is 12.6. The van der Waals surface area contributed by atoms with E-state index in [1.54, 1.807) is 11.8 Å². The van der Waals surface area contributed by atoms with Gasteiger partial charge in [0.2, 0.25) is 11.8 Å². The molecule has 1 aromatic heterocycles. The summed E-state index contributed by atoms with van der Waals surface area (Å²) in [4.78, 5) is 0. The first-order valence-corrected chi connectivity index (χ1v) is 8.06. The summed E-state index contributed by atoms with van der Waals surface area (Å²) in [5.74, 6) is 2.79. The van der Waals surface area contributed by atoms with Crippen LogP contribution < -0.4 is 5.73 Å². The summed E-state index contributed by atoms with van der Waals surface area (Å²) in [6.07, 6.45) is 0.985. The maximum absolute atomic E-state index is 5.86. The Kier molecular flexibility index (Phi) is 5.42. The number of thioether (sulfide) groups is 1. The number of benzene rings is 1. The molecule has 2 rings (SSSR count). The summed E-state index contributed by atoms with van der Waals surface area (Å²) in [5.41, 5.74) is 6.77. The molecule has 2 aromatic rings. The van der Waals surface area contributed by atoms with Crippen molar-refractivity contribution in [2.45, 2.75) is 25.1 Å². The molecule has 0 saturated heterocycles. The number of aromatic nitrogens is 2. The molecule has 1 unspecified atom stereocenters. The van der Waals surface area contributed by atoms with Crippen LogP contribution in [0.3, 0.4) is 0 Å². The van der Waals surface area contributed by atoms with Crippen LogP contribution in [0.5, 0.6) is 0 Å². The lowest BCUT2D eigenvalue weighted by Gasteiger charge is -2.05. The van der Waals surface area contributed by atoms with E-state index < -0.39 is 0 Å². The Morgan fingerprint density at radius 2 is 2.16 bits per heavy atom. The topological polar surface area (TPSA) is 64.9 Å². The molecule has 1 aromatic carbocycles. The second-order valence-electron chi connectivity index (χ2n) is 4.16. The van der Waals surface area contributed by atoms with Crippen LogP contribution in [-0.2, 0) is 5.75 Å². The summed E-state index contributed by atoms with van der Waals surface area (Å²) in [7, 11) is 0. The standard InChI is InChI=1S/C13H16BrN3OS/c1-2-9(15)7-19-8-12-16-17-13(18-12)10-5-3-4-6-11(10)14/h3-6,9H,2,7-8,15H2,1H3. The lowest BCUT2D eigenvalue weighted by atomic mass is 10.2. The molecule has 6 heteroatoms. The minimum atomic E-state index is 0.232. The molecule has 19 heavy (non-hydrogen) atoms. The average Bonchev–Trinajstić information content (AvgIpc) is 2.87. The lowest BCUT2D eigenvalue weighted by molar-refractivity contribution is 0.528. The Bertz CT molecular complexity index is 532. The predicted octanol–water partition coefficient (Wildman–Crippen LogP) is 3.47. The van der Waals surface area contributed by atoms with Crippen LogP contribution in [0, 0.1) is 0 Å². The van der Waals surface area contributed by atoms with Gasteiger partial charge in [-0.3, -0.25) is 0 Å². The van der Waals surface area contributed by atoms with Crippen LogP contribution in [0.25, 0.3) is 11.5 Å². The first kappa shape index (κ1) is 14.6. The van der Waals surface area contributed by atoms with Crippen molar-refractivity contribution in [1.82, 2.24) is 10.2 Å². The molecule has 0 fully saturated rings. The monoisotopic (exact) mass is 341 g/mol. The highest BCUT2D eigenvalue weighted by Gasteiger charge is 2.11. The lowest BCUT2D eigenvalue weighted by Crippen LogP contribution is -2.21. The molecular weight excluding hydrogens is 326 g/mol. The average molecular weight is 342 g/mol. The van der Waals surface area contributed by atoms with Gasteiger partial charge in [0.1, 0.15) is 0 Å². The van der Waals surface area contributed by atoms with Gasteiger partial charge in [-0.1, -0.05) is 19.1 Å². The zero-order valence-corrected chi connectivity index (χ0v) is 13.1. The molecule has 0 saturated carbocycles. The van der Waals surface area contributed by atoms with Gasteiger partial charge in [0.15, 0.2) is 0 Å². The fourth-order valence-corrected chi connectivity index (χ4v) is 2.87. The van der Waals surface area contributed by atoms with Gasteiger partial charge in [0, 0.05) is 16.3 Å². The Hall–Kier alpha value is -0.850. The van der Waals surface area contributed by atoms with Gasteiger partial charge >= 0.3 is 0 Å². The van der Waals surface area contributed by atoms with Gasteiger partial charge in [0.05, 0.1) is 11.3 Å². The molecule has 0 aliphatic heterocycles. The van der Waals surface area contributed by atoms with E-state index in [4.69, 9.17) is 10.2 Å². The maximum atomic E-state index is 5.86. The van der Waals surface area contributed by atoms with Crippen LogP contribution >= 0.6 is 27.7 Å². The van der Waals surface area contributed by atoms with Crippen LogP contribution in [0.15, 0.2) is 33.2 Å². The van der Waals surface area contributed by atoms with Crippen molar-refractivity contribution in [3.05, 3.63) is 34.6 Å². The molecule has 0 aliphatic carbocycles. The molecule has 4 nitrogen and oxygen atoms in total. The van der Waals surface area contributed by atoms with E-state index in [1.807, 2.05) is 24.3 Å². The number of rotatable bonds is 6. The van der Waals surface area contributed by atoms with E-state index in [-0.39, 0.29) is 6.04 Å². The van der Waals surface area contributed by atoms with Crippen molar-refractivity contribution < 1.29 is 4.42 Å². The molecule has 0 amide bonds. The molecule has 1 heterocycles. The third-order valence-electron chi connectivity index (χ3n) is 2.65. The van der Waals surface area contributed by atoms with E-state index in [1.165, 1.54) is 0 Å². The maximum Gasteiger partial charge on any atom is 0.248 e. The Morgan fingerprint density at radius 3 is 2.89 bits per heavy atom. The first-order chi connectivity index (χ1) is 9.20. The van der Waals surface area contributed by atoms with Crippen LogP contribution in [0.1, 0.15) is 19.2 Å². The third kappa shape index (κ3) is 4.06. The van der Waals surface area contributed by atoms with Gasteiger partial charge in [-0.25, -0.2) is 0 Å². The van der Waals surface area contributed by atoms with E-state index in [0.717, 1.165) is 22.2 Å². The highest BCUT2D eigenvalue weighted by atomic mass is 79.9. The van der Waals surface area contributed by atoms with Gasteiger partial charge in [-0.05, 0) is 34.5 Å². The quantitative estimate of drug-likeness (QED) is 0.871. The summed E-state index contributed by atoms with van der Waals surface area (Å²) < 4.78 is 6.60. The molecule has 0 bridgehead atoms. The molecule has 0 aliphatic rings. The number of hydrogen-bond donors (Lipinski definition) is 1. The van der Waals surface area contributed by atoms with Gasteiger partial charge < -0.3 is 10.2 Å². The van der Waals surface area contributed by atoms with Crippen molar-refractivity contribution in [3.63, 3.8) is 0 Å². The van der Waals surface area contributed by atoms with E-state index in [0.29, 0.717) is 17.5 Å². The fraction of sp³-hybridized carbons (Fsp3) is 0.385. The van der Waals surface area contributed by atoms with E-state index >= 15 is 0 Å². The second-order valence-corrected chi connectivity index (χ2v) is 6.05. The number of nitrogens with zero attached hydrogens (tertiary/aromatic N) is 2. The zero-order valence-electron chi connectivity index (χ0n) is 10.7. The highest BCUT2D eigenvalue weighted by molar-refractivity contribution is 9.10. The number of hydrogen-bond acceptors (Lipinski definition) is 5. The molecule has 1 atom stereocenters. The molecule has 0 radical (unpaired) electrons. The predicted molar refractivity (Wildman–Crippen MR) is 81.9 cm³/mol. The van der Waals surface area contributed by atoms with Gasteiger partial charge in [-0.2, -0.15) is 11.8 Å². The van der Waals surface area contributed by atoms with Gasteiger partial charge in [-0.15, -0.1) is 10.2 Å². The van der Waals surface area contributed by atoms with Crippen molar-refractivity contribution in [2.24, 2.45) is 5.73 Å². The summed E-state index contributed by atoms with van der Waals surface area (Å²) in [6, 6.07) is 8.03. The zero-order chi connectivity index (χ0) is 13.7. The number of nitrogens with two attached hydrogens (primary N) is 1. The molecule has 2 N–H and O–H groups in total. The van der Waals surface area contributed by atoms with Crippen LogP contribution in [0.4, 0.5) is 0 Å². The minimum Gasteiger partial charge on any atom is -0.420 e. The molecule has 0 spiro atoms. The second kappa shape index (κ2) is 7.07. The van der Waals surface area contributed by atoms with Crippen molar-refractivity contribution in [1.29, 1.82) is 0 Å². The SMILES string of the molecule is CCC(N)CSCc1nnc(-c2ccccc2Br)o1. The first-order valence-electron chi connectivity index (χ1n) is 6.11. The van der Waals surface area contributed by atoms with Gasteiger partial charge in [0.25, 0.3) is 0 Å². The van der Waals surface area contributed by atoms with Crippen molar-refractivity contribution in [3.8, 4) is 11.5 Å². The minimum absolute atomic E-state index is 0.232.